The topological polar surface area (TPSA) is 132 Å². The number of H-pyrrole nitrogens is 1. The Morgan fingerprint density at radius 2 is 2.09 bits per heavy atom. The normalized spacial score (nSPS) is 20.2. The standard InChI is InChI=1S/C21H22F2N6O4/c1-11-18(14(9-29(11)21(31)32)12-5-3-2-4-6-12)26-20(30)25-17-7-15-13(8-24-17)19(28-27-15)33-10-16(22)23/h2-8,11,14,16,18H,9-10H2,1H3,(H,27,28)(H,31,32)(H2,24,25,26,30)/t11?,14-,18+/m1/s1. The van der Waals surface area contributed by atoms with Gasteiger partial charge in [-0.25, -0.2) is 23.4 Å². The van der Waals surface area contributed by atoms with E-state index in [1.54, 1.807) is 6.92 Å². The molecule has 1 aliphatic heterocycles. The van der Waals surface area contributed by atoms with Crippen molar-refractivity contribution >= 4 is 28.8 Å². The lowest BCUT2D eigenvalue weighted by Gasteiger charge is -2.24. The number of aromatic amines is 1. The minimum Gasteiger partial charge on any atom is -0.470 e. The lowest BCUT2D eigenvalue weighted by atomic mass is 9.92. The van der Waals surface area contributed by atoms with Gasteiger partial charge in [-0.05, 0) is 12.5 Å². The molecule has 0 radical (unpaired) electrons. The summed E-state index contributed by atoms with van der Waals surface area (Å²) in [6.45, 7) is 1.21. The third kappa shape index (κ3) is 4.78. The van der Waals surface area contributed by atoms with E-state index >= 15 is 0 Å². The number of hydrogen-bond acceptors (Lipinski definition) is 5. The van der Waals surface area contributed by atoms with E-state index < -0.39 is 37.2 Å². The second kappa shape index (κ2) is 9.27. The number of alkyl halides is 2. The summed E-state index contributed by atoms with van der Waals surface area (Å²) in [4.78, 5) is 29.8. The smallest absolute Gasteiger partial charge is 0.407 e. The molecule has 1 aliphatic rings. The van der Waals surface area contributed by atoms with E-state index in [2.05, 4.69) is 25.8 Å². The number of halogens is 2. The quantitative estimate of drug-likeness (QED) is 0.446. The number of anilines is 1. The number of rotatable bonds is 6. The molecule has 10 nitrogen and oxygen atoms in total. The Balaban J connectivity index is 1.47. The van der Waals surface area contributed by atoms with Crippen LogP contribution in [0.2, 0.25) is 0 Å². The second-order valence-corrected chi connectivity index (χ2v) is 7.66. The number of carbonyl (C=O) groups is 2. The minimum atomic E-state index is -2.64. The Morgan fingerprint density at radius 1 is 1.33 bits per heavy atom. The number of hydrogen-bond donors (Lipinski definition) is 4. The van der Waals surface area contributed by atoms with Crippen molar-refractivity contribution in [3.05, 3.63) is 48.2 Å². The third-order valence-electron chi connectivity index (χ3n) is 5.61. The summed E-state index contributed by atoms with van der Waals surface area (Å²) in [5.41, 5.74) is 1.37. The Labute approximate surface area is 186 Å². The van der Waals surface area contributed by atoms with Crippen LogP contribution in [0.3, 0.4) is 0 Å². The number of carboxylic acid groups (broad SMARTS) is 1. The maximum absolute atomic E-state index is 12.7. The van der Waals surface area contributed by atoms with E-state index in [-0.39, 0.29) is 24.2 Å². The number of amides is 3. The van der Waals surface area contributed by atoms with E-state index in [9.17, 15) is 23.5 Å². The third-order valence-corrected chi connectivity index (χ3v) is 5.61. The first-order valence-electron chi connectivity index (χ1n) is 10.2. The number of pyridine rings is 1. The van der Waals surface area contributed by atoms with Crippen LogP contribution in [-0.2, 0) is 0 Å². The van der Waals surface area contributed by atoms with Crippen molar-refractivity contribution in [1.82, 2.24) is 25.4 Å². The van der Waals surface area contributed by atoms with Crippen molar-refractivity contribution in [2.45, 2.75) is 31.4 Å². The highest BCUT2D eigenvalue weighted by Crippen LogP contribution is 2.32. The average Bonchev–Trinajstić information content (AvgIpc) is 3.33. The Kier molecular flexibility index (Phi) is 6.24. The van der Waals surface area contributed by atoms with Crippen LogP contribution < -0.4 is 15.4 Å². The number of fused-ring (bicyclic) bond motifs is 1. The van der Waals surface area contributed by atoms with Crippen LogP contribution in [-0.4, -0.2) is 69.0 Å². The highest BCUT2D eigenvalue weighted by Gasteiger charge is 2.43. The van der Waals surface area contributed by atoms with Gasteiger partial charge in [0.1, 0.15) is 5.82 Å². The maximum Gasteiger partial charge on any atom is 0.407 e. The molecular formula is C21H22F2N6O4. The molecule has 1 fully saturated rings. The molecule has 3 heterocycles. The number of nitrogens with one attached hydrogen (secondary N) is 3. The van der Waals surface area contributed by atoms with Crippen LogP contribution in [0.4, 0.5) is 24.2 Å². The Bertz CT molecular complexity index is 1140. The number of urea groups is 1. The molecule has 0 spiro atoms. The zero-order valence-electron chi connectivity index (χ0n) is 17.5. The molecule has 2 aromatic heterocycles. The van der Waals surface area contributed by atoms with E-state index in [4.69, 9.17) is 4.74 Å². The summed E-state index contributed by atoms with van der Waals surface area (Å²) < 4.78 is 29.7. The van der Waals surface area contributed by atoms with Crippen molar-refractivity contribution in [2.75, 3.05) is 18.5 Å². The van der Waals surface area contributed by atoms with E-state index in [1.165, 1.54) is 17.2 Å². The Hall–Kier alpha value is -3.96. The molecule has 3 atom stereocenters. The second-order valence-electron chi connectivity index (χ2n) is 7.66. The zero-order chi connectivity index (χ0) is 23.5. The lowest BCUT2D eigenvalue weighted by Crippen LogP contribution is -2.47. The van der Waals surface area contributed by atoms with E-state index in [1.807, 2.05) is 30.3 Å². The highest BCUT2D eigenvalue weighted by molar-refractivity contribution is 5.92. The van der Waals surface area contributed by atoms with Crippen LogP contribution in [0, 0.1) is 0 Å². The molecule has 4 N–H and O–H groups in total. The van der Waals surface area contributed by atoms with Gasteiger partial charge < -0.3 is 20.1 Å². The predicted molar refractivity (Wildman–Crippen MR) is 115 cm³/mol. The van der Waals surface area contributed by atoms with Crippen LogP contribution in [0.5, 0.6) is 5.88 Å². The van der Waals surface area contributed by atoms with Gasteiger partial charge in [-0.2, -0.15) is 0 Å². The van der Waals surface area contributed by atoms with Gasteiger partial charge in [-0.1, -0.05) is 30.3 Å². The van der Waals surface area contributed by atoms with Crippen molar-refractivity contribution in [2.24, 2.45) is 0 Å². The van der Waals surface area contributed by atoms with Crippen LogP contribution in [0.1, 0.15) is 18.4 Å². The van der Waals surface area contributed by atoms with Gasteiger partial charge in [-0.3, -0.25) is 10.4 Å². The fraction of sp³-hybridized carbons (Fsp3) is 0.333. The molecule has 0 bridgehead atoms. The molecule has 1 unspecified atom stereocenters. The van der Waals surface area contributed by atoms with Gasteiger partial charge >= 0.3 is 12.1 Å². The molecular weight excluding hydrogens is 438 g/mol. The monoisotopic (exact) mass is 460 g/mol. The molecule has 1 saturated heterocycles. The predicted octanol–water partition coefficient (Wildman–Crippen LogP) is 3.26. The summed E-state index contributed by atoms with van der Waals surface area (Å²) in [5.74, 6) is -0.0326. The van der Waals surface area contributed by atoms with Crippen molar-refractivity contribution < 1.29 is 28.2 Å². The molecule has 1 aromatic carbocycles. The first-order chi connectivity index (χ1) is 15.8. The van der Waals surface area contributed by atoms with Crippen LogP contribution in [0.15, 0.2) is 42.6 Å². The largest absolute Gasteiger partial charge is 0.470 e. The van der Waals surface area contributed by atoms with Crippen molar-refractivity contribution in [1.29, 1.82) is 0 Å². The van der Waals surface area contributed by atoms with Gasteiger partial charge in [-0.15, -0.1) is 5.10 Å². The van der Waals surface area contributed by atoms with Crippen LogP contribution >= 0.6 is 0 Å². The van der Waals surface area contributed by atoms with Crippen LogP contribution in [0.25, 0.3) is 10.9 Å². The minimum absolute atomic E-state index is 0.00644. The number of ether oxygens (including phenoxy) is 1. The van der Waals surface area contributed by atoms with Crippen molar-refractivity contribution in [3.8, 4) is 5.88 Å². The summed E-state index contributed by atoms with van der Waals surface area (Å²) in [7, 11) is 0. The first kappa shape index (κ1) is 22.2. The number of benzene rings is 1. The van der Waals surface area contributed by atoms with Gasteiger partial charge in [0.05, 0.1) is 23.0 Å². The molecule has 4 rings (SSSR count). The molecule has 174 valence electrons. The number of nitrogens with zero attached hydrogens (tertiary/aromatic N) is 3. The molecule has 0 aliphatic carbocycles. The summed E-state index contributed by atoms with van der Waals surface area (Å²) in [6.07, 6.45) is -2.33. The number of aromatic nitrogens is 3. The average molecular weight is 460 g/mol. The van der Waals surface area contributed by atoms with Crippen molar-refractivity contribution in [3.63, 3.8) is 0 Å². The summed E-state index contributed by atoms with van der Waals surface area (Å²) in [6, 6.07) is 9.42. The fourth-order valence-corrected chi connectivity index (χ4v) is 4.02. The summed E-state index contributed by atoms with van der Waals surface area (Å²) in [5, 5.41) is 21.9. The van der Waals surface area contributed by atoms with Gasteiger partial charge in [0.25, 0.3) is 6.43 Å². The highest BCUT2D eigenvalue weighted by atomic mass is 19.3. The maximum atomic E-state index is 12.7. The zero-order valence-corrected chi connectivity index (χ0v) is 17.5. The van der Waals surface area contributed by atoms with E-state index in [0.717, 1.165) is 5.56 Å². The lowest BCUT2D eigenvalue weighted by molar-refractivity contribution is 0.0803. The summed E-state index contributed by atoms with van der Waals surface area (Å²) >= 11 is 0. The SMILES string of the molecule is CC1[C@H](NC(=O)Nc2cc3[nH]nc(OCC(F)F)c3cn2)[C@@H](c2ccccc2)CN1C(=O)O. The van der Waals surface area contributed by atoms with Gasteiger partial charge in [0.2, 0.25) is 5.88 Å². The van der Waals surface area contributed by atoms with Gasteiger partial charge in [0.15, 0.2) is 6.61 Å². The molecule has 3 aromatic rings. The van der Waals surface area contributed by atoms with Gasteiger partial charge in [0, 0.05) is 24.7 Å². The molecule has 12 heteroatoms. The first-order valence-corrected chi connectivity index (χ1v) is 10.2. The number of likely N-dealkylation sites (tertiary alicyclic amines) is 1. The number of carbonyl (C=O) groups excluding carboxylic acids is 1. The fourth-order valence-electron chi connectivity index (χ4n) is 4.02. The molecule has 33 heavy (non-hydrogen) atoms. The molecule has 0 saturated carbocycles. The Morgan fingerprint density at radius 3 is 2.79 bits per heavy atom. The molecule has 3 amide bonds. The van der Waals surface area contributed by atoms with E-state index in [0.29, 0.717) is 10.9 Å².